The minimum absolute atomic E-state index is 0.167. The van der Waals surface area contributed by atoms with Crippen LogP contribution in [0.3, 0.4) is 0 Å². The van der Waals surface area contributed by atoms with Crippen molar-refractivity contribution in [1.82, 2.24) is 25.5 Å². The fourth-order valence-corrected chi connectivity index (χ4v) is 2.36. The van der Waals surface area contributed by atoms with Crippen LogP contribution in [0.5, 0.6) is 5.75 Å². The highest BCUT2D eigenvalue weighted by Crippen LogP contribution is 2.22. The molecule has 0 aliphatic heterocycles. The molecule has 0 saturated heterocycles. The minimum atomic E-state index is -0.466. The Morgan fingerprint density at radius 3 is 2.60 bits per heavy atom. The quantitative estimate of drug-likeness (QED) is 0.770. The van der Waals surface area contributed by atoms with Crippen molar-refractivity contribution in [2.75, 3.05) is 7.11 Å². The molecule has 8 heteroatoms. The van der Waals surface area contributed by atoms with Gasteiger partial charge in [-0.05, 0) is 59.3 Å². The maximum Gasteiger partial charge on any atom is 0.251 e. The van der Waals surface area contributed by atoms with Crippen LogP contribution < -0.4 is 10.1 Å². The third-order valence-corrected chi connectivity index (χ3v) is 3.77. The first-order valence-corrected chi connectivity index (χ1v) is 7.56. The van der Waals surface area contributed by atoms with Gasteiger partial charge in [-0.3, -0.25) is 4.79 Å². The van der Waals surface area contributed by atoms with Crippen molar-refractivity contribution in [2.45, 2.75) is 13.0 Å². The summed E-state index contributed by atoms with van der Waals surface area (Å²) < 4.78 is 20.2. The summed E-state index contributed by atoms with van der Waals surface area (Å²) in [4.78, 5) is 12.4. The number of ether oxygens (including phenoxy) is 1. The molecule has 0 fully saturated rings. The van der Waals surface area contributed by atoms with Crippen LogP contribution in [0.25, 0.3) is 5.69 Å². The Morgan fingerprint density at radius 2 is 2.00 bits per heavy atom. The van der Waals surface area contributed by atoms with Gasteiger partial charge in [-0.25, -0.2) is 9.07 Å². The van der Waals surface area contributed by atoms with Crippen molar-refractivity contribution in [3.63, 3.8) is 0 Å². The van der Waals surface area contributed by atoms with E-state index in [2.05, 4.69) is 20.8 Å². The average molecular weight is 341 g/mol. The molecule has 25 heavy (non-hydrogen) atoms. The van der Waals surface area contributed by atoms with Crippen LogP contribution in [0.4, 0.5) is 4.39 Å². The fraction of sp³-hybridized carbons (Fsp3) is 0.176. The third-order valence-electron chi connectivity index (χ3n) is 3.77. The Kier molecular flexibility index (Phi) is 4.69. The molecule has 0 spiro atoms. The lowest BCUT2D eigenvalue weighted by Gasteiger charge is -2.15. The van der Waals surface area contributed by atoms with Crippen LogP contribution in [-0.2, 0) is 0 Å². The number of nitrogens with zero attached hydrogens (tertiary/aromatic N) is 4. The van der Waals surface area contributed by atoms with Gasteiger partial charge in [0, 0.05) is 5.56 Å². The highest BCUT2D eigenvalue weighted by Gasteiger charge is 2.14. The average Bonchev–Trinajstić information content (AvgIpc) is 3.16. The second-order valence-electron chi connectivity index (χ2n) is 5.39. The van der Waals surface area contributed by atoms with E-state index in [4.69, 9.17) is 4.74 Å². The van der Waals surface area contributed by atoms with Crippen LogP contribution in [0.2, 0.25) is 0 Å². The molecule has 1 aromatic heterocycles. The molecule has 1 atom stereocenters. The molecule has 3 aromatic rings. The number of hydrogen-bond acceptors (Lipinski definition) is 5. The fourth-order valence-electron chi connectivity index (χ4n) is 2.36. The van der Waals surface area contributed by atoms with Crippen LogP contribution in [0.1, 0.15) is 28.9 Å². The molecule has 3 rings (SSSR count). The molecular formula is C17H16FN5O2. The van der Waals surface area contributed by atoms with E-state index in [0.717, 1.165) is 5.69 Å². The summed E-state index contributed by atoms with van der Waals surface area (Å²) in [6.07, 6.45) is 1.47. The highest BCUT2D eigenvalue weighted by molar-refractivity contribution is 5.94. The zero-order valence-electron chi connectivity index (χ0n) is 13.7. The van der Waals surface area contributed by atoms with Gasteiger partial charge in [-0.2, -0.15) is 0 Å². The van der Waals surface area contributed by atoms with Gasteiger partial charge in [0.25, 0.3) is 5.91 Å². The summed E-state index contributed by atoms with van der Waals surface area (Å²) in [5.74, 6) is -0.556. The summed E-state index contributed by atoms with van der Waals surface area (Å²) in [7, 11) is 1.41. The molecule has 1 N–H and O–H groups in total. The van der Waals surface area contributed by atoms with E-state index >= 15 is 0 Å². The zero-order chi connectivity index (χ0) is 17.8. The number of rotatable bonds is 5. The molecular weight excluding hydrogens is 325 g/mol. The monoisotopic (exact) mass is 341 g/mol. The molecule has 128 valence electrons. The van der Waals surface area contributed by atoms with Gasteiger partial charge in [0.2, 0.25) is 0 Å². The van der Waals surface area contributed by atoms with Gasteiger partial charge < -0.3 is 10.1 Å². The van der Waals surface area contributed by atoms with Gasteiger partial charge in [0.1, 0.15) is 6.33 Å². The van der Waals surface area contributed by atoms with E-state index in [0.29, 0.717) is 11.1 Å². The summed E-state index contributed by atoms with van der Waals surface area (Å²) in [5.41, 5.74) is 1.88. The van der Waals surface area contributed by atoms with E-state index in [9.17, 15) is 9.18 Å². The Morgan fingerprint density at radius 1 is 1.24 bits per heavy atom. The van der Waals surface area contributed by atoms with Gasteiger partial charge >= 0.3 is 0 Å². The summed E-state index contributed by atoms with van der Waals surface area (Å²) >= 11 is 0. The molecule has 1 heterocycles. The standard InChI is InChI=1S/C17H16FN5O2/c1-11(13-5-8-16(25-2)15(18)9-13)20-17(24)12-3-6-14(7-4-12)23-10-19-21-22-23/h3-11H,1-2H3,(H,20,24)/t11-/m0/s1. The number of tetrazole rings is 1. The van der Waals surface area contributed by atoms with Crippen molar-refractivity contribution in [3.8, 4) is 11.4 Å². The molecule has 2 aromatic carbocycles. The Labute approximate surface area is 143 Å². The number of amides is 1. The summed E-state index contributed by atoms with van der Waals surface area (Å²) in [6.45, 7) is 1.79. The first kappa shape index (κ1) is 16.6. The van der Waals surface area contributed by atoms with Gasteiger partial charge in [0.05, 0.1) is 18.8 Å². The zero-order valence-corrected chi connectivity index (χ0v) is 13.7. The number of carbonyl (C=O) groups excluding carboxylic acids is 1. The molecule has 0 saturated carbocycles. The van der Waals surface area contributed by atoms with Crippen LogP contribution in [0.15, 0.2) is 48.8 Å². The number of carbonyl (C=O) groups is 1. The minimum Gasteiger partial charge on any atom is -0.494 e. The SMILES string of the molecule is COc1ccc([C@H](C)NC(=O)c2ccc(-n3cnnn3)cc2)cc1F. The van der Waals surface area contributed by atoms with Gasteiger partial charge in [-0.1, -0.05) is 6.07 Å². The largest absolute Gasteiger partial charge is 0.494 e. The summed E-state index contributed by atoms with van der Waals surface area (Å²) in [5, 5.41) is 13.7. The molecule has 0 aliphatic rings. The molecule has 0 bridgehead atoms. The van der Waals surface area contributed by atoms with Gasteiger partial charge in [0.15, 0.2) is 11.6 Å². The Balaban J connectivity index is 1.70. The number of halogens is 1. The number of aromatic nitrogens is 4. The van der Waals surface area contributed by atoms with E-state index in [1.807, 2.05) is 0 Å². The second-order valence-corrected chi connectivity index (χ2v) is 5.39. The van der Waals surface area contributed by atoms with Crippen LogP contribution >= 0.6 is 0 Å². The molecule has 1 amide bonds. The smallest absolute Gasteiger partial charge is 0.251 e. The molecule has 0 radical (unpaired) electrons. The van der Waals surface area contributed by atoms with Crippen molar-refractivity contribution >= 4 is 5.91 Å². The number of hydrogen-bond donors (Lipinski definition) is 1. The number of nitrogens with one attached hydrogen (secondary N) is 1. The van der Waals surface area contributed by atoms with Crippen molar-refractivity contribution < 1.29 is 13.9 Å². The maximum absolute atomic E-state index is 13.8. The maximum atomic E-state index is 13.8. The van der Waals surface area contributed by atoms with E-state index in [1.54, 1.807) is 37.3 Å². The predicted octanol–water partition coefficient (Wildman–Crippen LogP) is 2.30. The molecule has 0 unspecified atom stereocenters. The summed E-state index contributed by atoms with van der Waals surface area (Å²) in [6, 6.07) is 11.1. The van der Waals surface area contributed by atoms with Crippen LogP contribution in [0, 0.1) is 5.82 Å². The van der Waals surface area contributed by atoms with Crippen LogP contribution in [-0.4, -0.2) is 33.2 Å². The third kappa shape index (κ3) is 3.63. The van der Waals surface area contributed by atoms with E-state index in [1.165, 1.54) is 30.3 Å². The predicted molar refractivity (Wildman–Crippen MR) is 88.0 cm³/mol. The number of methoxy groups -OCH3 is 1. The first-order chi connectivity index (χ1) is 12.1. The molecule has 0 aliphatic carbocycles. The number of benzene rings is 2. The Bertz CT molecular complexity index is 865. The second kappa shape index (κ2) is 7.08. The lowest BCUT2D eigenvalue weighted by molar-refractivity contribution is 0.0940. The van der Waals surface area contributed by atoms with Crippen molar-refractivity contribution in [1.29, 1.82) is 0 Å². The Hall–Kier alpha value is -3.29. The van der Waals surface area contributed by atoms with Crippen molar-refractivity contribution in [2.24, 2.45) is 0 Å². The lowest BCUT2D eigenvalue weighted by atomic mass is 10.1. The topological polar surface area (TPSA) is 81.9 Å². The first-order valence-electron chi connectivity index (χ1n) is 7.56. The van der Waals surface area contributed by atoms with Crippen molar-refractivity contribution in [3.05, 3.63) is 65.7 Å². The normalized spacial score (nSPS) is 11.8. The van der Waals surface area contributed by atoms with E-state index in [-0.39, 0.29) is 17.7 Å². The van der Waals surface area contributed by atoms with E-state index < -0.39 is 5.82 Å². The molecule has 7 nitrogen and oxygen atoms in total. The highest BCUT2D eigenvalue weighted by atomic mass is 19.1. The van der Waals surface area contributed by atoms with Gasteiger partial charge in [-0.15, -0.1) is 5.10 Å². The lowest BCUT2D eigenvalue weighted by Crippen LogP contribution is -2.26.